The van der Waals surface area contributed by atoms with Crippen LogP contribution in [-0.2, 0) is 16.0 Å². The summed E-state index contributed by atoms with van der Waals surface area (Å²) in [5.41, 5.74) is 5.31. The zero-order valence-corrected chi connectivity index (χ0v) is 17.4. The molecule has 8 heteroatoms. The van der Waals surface area contributed by atoms with Crippen LogP contribution >= 0.6 is 0 Å². The topological polar surface area (TPSA) is 111 Å². The Hall–Kier alpha value is -2.87. The summed E-state index contributed by atoms with van der Waals surface area (Å²) in [6.45, 7) is 7.78. The lowest BCUT2D eigenvalue weighted by molar-refractivity contribution is -0.142. The first kappa shape index (κ1) is 24.2. The number of amides is 4. The predicted molar refractivity (Wildman–Crippen MR) is 111 cm³/mol. The van der Waals surface area contributed by atoms with Crippen molar-refractivity contribution >= 4 is 17.8 Å². The number of nitrogens with one attached hydrogen (secondary N) is 3. The molecule has 0 heterocycles. The van der Waals surface area contributed by atoms with Gasteiger partial charge in [-0.2, -0.15) is 0 Å². The summed E-state index contributed by atoms with van der Waals surface area (Å²) in [6, 6.07) is 9.15. The van der Waals surface area contributed by atoms with Crippen LogP contribution < -0.4 is 16.2 Å². The van der Waals surface area contributed by atoms with E-state index in [1.807, 2.05) is 44.2 Å². The van der Waals surface area contributed by atoms with Crippen LogP contribution in [0.4, 0.5) is 4.79 Å². The third kappa shape index (κ3) is 7.95. The minimum Gasteiger partial charge on any atom is -0.340 e. The highest BCUT2D eigenvalue weighted by molar-refractivity contribution is 5.88. The van der Waals surface area contributed by atoms with Crippen molar-refractivity contribution in [3.8, 4) is 0 Å². The van der Waals surface area contributed by atoms with Gasteiger partial charge in [-0.15, -0.1) is 6.58 Å². The van der Waals surface area contributed by atoms with Crippen molar-refractivity contribution in [3.05, 3.63) is 48.6 Å². The van der Waals surface area contributed by atoms with Crippen LogP contribution in [0, 0.1) is 17.8 Å². The van der Waals surface area contributed by atoms with Gasteiger partial charge in [0, 0.05) is 13.6 Å². The Morgan fingerprint density at radius 1 is 1.14 bits per heavy atom. The second-order valence-electron chi connectivity index (χ2n) is 7.26. The predicted octanol–water partition coefficient (Wildman–Crippen LogP) is 2.26. The molecule has 0 aliphatic rings. The van der Waals surface area contributed by atoms with Crippen LogP contribution in [0.15, 0.2) is 43.0 Å². The van der Waals surface area contributed by atoms with Crippen molar-refractivity contribution in [2.45, 2.75) is 33.1 Å². The summed E-state index contributed by atoms with van der Waals surface area (Å²) < 4.78 is 0. The summed E-state index contributed by atoms with van der Waals surface area (Å²) in [4.78, 5) is 37.4. The van der Waals surface area contributed by atoms with Gasteiger partial charge < -0.3 is 5.32 Å². The van der Waals surface area contributed by atoms with E-state index >= 15 is 0 Å². The Labute approximate surface area is 172 Å². The first-order valence-corrected chi connectivity index (χ1v) is 9.72. The van der Waals surface area contributed by atoms with E-state index in [-0.39, 0.29) is 18.9 Å². The number of benzene rings is 1. The van der Waals surface area contributed by atoms with Crippen LogP contribution in [0.5, 0.6) is 0 Å². The number of rotatable bonds is 10. The van der Waals surface area contributed by atoms with Gasteiger partial charge in [0.25, 0.3) is 0 Å². The molecule has 0 radical (unpaired) electrons. The molecule has 0 saturated heterocycles. The Bertz CT molecular complexity index is 679. The fourth-order valence-electron chi connectivity index (χ4n) is 3.12. The second-order valence-corrected chi connectivity index (χ2v) is 7.26. The molecule has 0 spiro atoms. The molecule has 1 aromatic rings. The fourth-order valence-corrected chi connectivity index (χ4v) is 3.12. The van der Waals surface area contributed by atoms with Crippen molar-refractivity contribution in [3.63, 3.8) is 0 Å². The maximum absolute atomic E-state index is 13.0. The first-order chi connectivity index (χ1) is 13.8. The Morgan fingerprint density at radius 2 is 1.79 bits per heavy atom. The maximum atomic E-state index is 13.0. The summed E-state index contributed by atoms with van der Waals surface area (Å²) in [6.07, 6.45) is 2.72. The average Bonchev–Trinajstić information content (AvgIpc) is 2.72. The number of hydroxylamine groups is 1. The Morgan fingerprint density at radius 3 is 2.31 bits per heavy atom. The average molecular weight is 405 g/mol. The van der Waals surface area contributed by atoms with Crippen LogP contribution in [0.1, 0.15) is 32.3 Å². The first-order valence-electron chi connectivity index (χ1n) is 9.72. The monoisotopic (exact) mass is 404 g/mol. The van der Waals surface area contributed by atoms with E-state index in [4.69, 9.17) is 5.21 Å². The van der Waals surface area contributed by atoms with E-state index in [9.17, 15) is 14.4 Å². The molecule has 0 aliphatic heterocycles. The van der Waals surface area contributed by atoms with Gasteiger partial charge in [0.2, 0.25) is 11.8 Å². The summed E-state index contributed by atoms with van der Waals surface area (Å²) in [7, 11) is 1.48. The number of carbonyl (C=O) groups is 3. The molecule has 8 nitrogen and oxygen atoms in total. The zero-order chi connectivity index (χ0) is 21.8. The Balaban J connectivity index is 2.98. The molecule has 1 aromatic carbocycles. The van der Waals surface area contributed by atoms with Gasteiger partial charge in [0.05, 0.1) is 11.8 Å². The van der Waals surface area contributed by atoms with E-state index in [2.05, 4.69) is 17.3 Å². The molecule has 0 fully saturated rings. The van der Waals surface area contributed by atoms with Gasteiger partial charge in [0.15, 0.2) is 0 Å². The molecule has 2 atom stereocenters. The van der Waals surface area contributed by atoms with Crippen LogP contribution in [-0.4, -0.2) is 41.7 Å². The third-order valence-corrected chi connectivity index (χ3v) is 4.59. The molecule has 160 valence electrons. The van der Waals surface area contributed by atoms with Gasteiger partial charge in [-0.25, -0.2) is 15.3 Å². The van der Waals surface area contributed by atoms with Gasteiger partial charge >= 0.3 is 6.03 Å². The molecule has 0 bridgehead atoms. The SMILES string of the molecule is C=CCC(C(=O)NO)[C@@H](CC(C)C)C(=O)NN(CCc1ccccc1)C(=O)NC. The van der Waals surface area contributed by atoms with Crippen LogP contribution in [0.25, 0.3) is 0 Å². The summed E-state index contributed by atoms with van der Waals surface area (Å²) >= 11 is 0. The highest BCUT2D eigenvalue weighted by atomic mass is 16.5. The quantitative estimate of drug-likeness (QED) is 0.272. The summed E-state index contributed by atoms with van der Waals surface area (Å²) in [5.74, 6) is -2.50. The molecular weight excluding hydrogens is 372 g/mol. The molecular formula is C21H32N4O4. The number of urea groups is 1. The number of carbonyl (C=O) groups excluding carboxylic acids is 3. The van der Waals surface area contributed by atoms with Crippen LogP contribution in [0.2, 0.25) is 0 Å². The fraction of sp³-hybridized carbons (Fsp3) is 0.476. The van der Waals surface area contributed by atoms with E-state index in [1.165, 1.54) is 18.1 Å². The van der Waals surface area contributed by atoms with Crippen molar-refractivity contribution in [2.75, 3.05) is 13.6 Å². The van der Waals surface area contributed by atoms with E-state index in [0.29, 0.717) is 12.8 Å². The zero-order valence-electron chi connectivity index (χ0n) is 17.4. The van der Waals surface area contributed by atoms with Gasteiger partial charge in [0.1, 0.15) is 0 Å². The molecule has 29 heavy (non-hydrogen) atoms. The van der Waals surface area contributed by atoms with Crippen molar-refractivity contribution in [1.29, 1.82) is 0 Å². The lowest BCUT2D eigenvalue weighted by atomic mass is 9.82. The minimum absolute atomic E-state index is 0.127. The van der Waals surface area contributed by atoms with E-state index in [0.717, 1.165) is 5.56 Å². The molecule has 0 aliphatic carbocycles. The molecule has 4 N–H and O–H groups in total. The third-order valence-electron chi connectivity index (χ3n) is 4.59. The number of allylic oxidation sites excluding steroid dienone is 1. The standard InChI is InChI=1S/C21H32N4O4/c1-5-9-17(20(27)24-29)18(14-15(2)3)19(26)23-25(21(28)22-4)13-12-16-10-7-6-8-11-16/h5-8,10-11,15,17-18,29H,1,9,12-14H2,2-4H3,(H,22,28)(H,23,26)(H,24,27)/t17?,18-/m1/s1. The normalized spacial score (nSPS) is 12.6. The van der Waals surface area contributed by atoms with Gasteiger partial charge in [-0.3, -0.25) is 20.2 Å². The number of nitrogens with zero attached hydrogens (tertiary/aromatic N) is 1. The highest BCUT2D eigenvalue weighted by Crippen LogP contribution is 2.25. The molecule has 1 rings (SSSR count). The molecule has 1 unspecified atom stereocenters. The molecule has 0 aromatic heterocycles. The lowest BCUT2D eigenvalue weighted by Crippen LogP contribution is -2.54. The van der Waals surface area contributed by atoms with Crippen LogP contribution in [0.3, 0.4) is 0 Å². The minimum atomic E-state index is -0.791. The van der Waals surface area contributed by atoms with E-state index in [1.54, 1.807) is 5.48 Å². The highest BCUT2D eigenvalue weighted by Gasteiger charge is 2.34. The second kappa shape index (κ2) is 12.6. The van der Waals surface area contributed by atoms with Crippen molar-refractivity contribution in [2.24, 2.45) is 17.8 Å². The molecule has 4 amide bonds. The van der Waals surface area contributed by atoms with Crippen molar-refractivity contribution in [1.82, 2.24) is 21.2 Å². The lowest BCUT2D eigenvalue weighted by Gasteiger charge is -2.29. The number of hydrogen-bond acceptors (Lipinski definition) is 4. The largest absolute Gasteiger partial charge is 0.340 e. The summed E-state index contributed by atoms with van der Waals surface area (Å²) in [5, 5.41) is 12.8. The van der Waals surface area contributed by atoms with Crippen molar-refractivity contribution < 1.29 is 19.6 Å². The smallest absolute Gasteiger partial charge is 0.335 e. The number of hydrazine groups is 1. The Kier molecular flexibility index (Phi) is 10.5. The molecule has 0 saturated carbocycles. The van der Waals surface area contributed by atoms with Gasteiger partial charge in [-0.1, -0.05) is 50.3 Å². The maximum Gasteiger partial charge on any atom is 0.335 e. The van der Waals surface area contributed by atoms with Gasteiger partial charge in [-0.05, 0) is 30.7 Å². The number of hydrogen-bond donors (Lipinski definition) is 4. The van der Waals surface area contributed by atoms with E-state index < -0.39 is 29.7 Å².